The van der Waals surface area contributed by atoms with E-state index in [-0.39, 0.29) is 24.0 Å². The molecule has 2 fully saturated rings. The fraction of sp³-hybridized carbons (Fsp3) is 0.944. The number of hydrogen-bond acceptors (Lipinski definition) is 3. The van der Waals surface area contributed by atoms with E-state index < -0.39 is 0 Å². The molecule has 0 saturated carbocycles. The van der Waals surface area contributed by atoms with Crippen molar-refractivity contribution >= 4 is 29.9 Å². The lowest BCUT2D eigenvalue weighted by Crippen LogP contribution is -2.42. The molecule has 1 atom stereocenters. The van der Waals surface area contributed by atoms with Gasteiger partial charge in [0.15, 0.2) is 5.96 Å². The highest BCUT2D eigenvalue weighted by molar-refractivity contribution is 14.0. The number of hydrogen-bond donors (Lipinski definition) is 1. The Kier molecular flexibility index (Phi) is 9.89. The third kappa shape index (κ3) is 7.87. The molecular weight excluding hydrogens is 415 g/mol. The zero-order valence-corrected chi connectivity index (χ0v) is 18.3. The maximum absolute atomic E-state index is 5.44. The number of aliphatic imine (C=N–C) groups is 1. The predicted octanol–water partition coefficient (Wildman–Crippen LogP) is 2.66. The fourth-order valence-corrected chi connectivity index (χ4v) is 3.47. The molecule has 0 aromatic rings. The molecule has 1 unspecified atom stereocenters. The lowest BCUT2D eigenvalue weighted by atomic mass is 9.91. The highest BCUT2D eigenvalue weighted by Gasteiger charge is 2.27. The van der Waals surface area contributed by atoms with Gasteiger partial charge in [-0.25, -0.2) is 0 Å². The van der Waals surface area contributed by atoms with E-state index in [2.05, 4.69) is 40.9 Å². The van der Waals surface area contributed by atoms with Crippen molar-refractivity contribution in [2.45, 2.75) is 40.0 Å². The van der Waals surface area contributed by atoms with E-state index in [1.807, 2.05) is 7.05 Å². The second-order valence-corrected chi connectivity index (χ2v) is 8.15. The maximum Gasteiger partial charge on any atom is 0.193 e. The standard InChI is InChI=1S/C18H36N4O.HI/c1-18(2,3)7-5-8-20-17(19-4)22-9-6-16(15-22)14-21-10-12-23-13-11-21;/h16H,5-15H2,1-4H3,(H,19,20);1H. The van der Waals surface area contributed by atoms with Gasteiger partial charge in [-0.3, -0.25) is 9.89 Å². The van der Waals surface area contributed by atoms with E-state index in [4.69, 9.17) is 4.74 Å². The minimum absolute atomic E-state index is 0. The van der Waals surface area contributed by atoms with Crippen LogP contribution in [-0.2, 0) is 4.74 Å². The predicted molar refractivity (Wildman–Crippen MR) is 112 cm³/mol. The molecule has 142 valence electrons. The van der Waals surface area contributed by atoms with Gasteiger partial charge in [-0.15, -0.1) is 24.0 Å². The monoisotopic (exact) mass is 452 g/mol. The molecule has 0 aromatic carbocycles. The summed E-state index contributed by atoms with van der Waals surface area (Å²) in [5.41, 5.74) is 0.419. The first-order valence-electron chi connectivity index (χ1n) is 9.23. The number of rotatable bonds is 5. The molecule has 2 aliphatic heterocycles. The Morgan fingerprint density at radius 1 is 1.21 bits per heavy atom. The molecule has 2 aliphatic rings. The summed E-state index contributed by atoms with van der Waals surface area (Å²) >= 11 is 0. The van der Waals surface area contributed by atoms with Gasteiger partial charge in [0.1, 0.15) is 0 Å². The van der Waals surface area contributed by atoms with Crippen LogP contribution in [0.5, 0.6) is 0 Å². The second-order valence-electron chi connectivity index (χ2n) is 8.15. The summed E-state index contributed by atoms with van der Waals surface area (Å²) in [5.74, 6) is 1.85. The van der Waals surface area contributed by atoms with Crippen LogP contribution in [0.2, 0.25) is 0 Å². The van der Waals surface area contributed by atoms with Gasteiger partial charge in [0.25, 0.3) is 0 Å². The Labute approximate surface area is 165 Å². The van der Waals surface area contributed by atoms with Gasteiger partial charge >= 0.3 is 0 Å². The highest BCUT2D eigenvalue weighted by atomic mass is 127. The smallest absolute Gasteiger partial charge is 0.193 e. The number of guanidine groups is 1. The molecule has 5 nitrogen and oxygen atoms in total. The molecule has 1 N–H and O–H groups in total. The molecule has 0 amide bonds. The highest BCUT2D eigenvalue weighted by Crippen LogP contribution is 2.20. The summed E-state index contributed by atoms with van der Waals surface area (Å²) < 4.78 is 5.44. The molecule has 0 bridgehead atoms. The van der Waals surface area contributed by atoms with Gasteiger partial charge in [-0.1, -0.05) is 20.8 Å². The molecular formula is C18H37IN4O. The van der Waals surface area contributed by atoms with Gasteiger partial charge in [-0.2, -0.15) is 0 Å². The van der Waals surface area contributed by atoms with Gasteiger partial charge in [-0.05, 0) is 30.6 Å². The van der Waals surface area contributed by atoms with Crippen LogP contribution in [0.1, 0.15) is 40.0 Å². The van der Waals surface area contributed by atoms with Gasteiger partial charge in [0, 0.05) is 46.3 Å². The van der Waals surface area contributed by atoms with Gasteiger partial charge < -0.3 is 15.0 Å². The van der Waals surface area contributed by atoms with Crippen LogP contribution in [-0.4, -0.2) is 75.3 Å². The Bertz CT molecular complexity index is 378. The average molecular weight is 452 g/mol. The Morgan fingerprint density at radius 3 is 2.54 bits per heavy atom. The van der Waals surface area contributed by atoms with Crippen molar-refractivity contribution < 1.29 is 4.74 Å². The summed E-state index contributed by atoms with van der Waals surface area (Å²) in [7, 11) is 1.90. The quantitative estimate of drug-likeness (QED) is 0.302. The third-order valence-corrected chi connectivity index (χ3v) is 4.80. The van der Waals surface area contributed by atoms with E-state index in [0.717, 1.165) is 57.8 Å². The first kappa shape index (κ1) is 22.0. The molecule has 6 heteroatoms. The van der Waals surface area contributed by atoms with Gasteiger partial charge in [0.05, 0.1) is 13.2 Å². The van der Waals surface area contributed by atoms with Crippen LogP contribution in [0, 0.1) is 11.3 Å². The van der Waals surface area contributed by atoms with Crippen molar-refractivity contribution in [3.8, 4) is 0 Å². The normalized spacial score (nSPS) is 23.2. The van der Waals surface area contributed by atoms with Crippen molar-refractivity contribution in [1.29, 1.82) is 0 Å². The number of nitrogens with zero attached hydrogens (tertiary/aromatic N) is 3. The minimum Gasteiger partial charge on any atom is -0.379 e. The molecule has 0 spiro atoms. The second kappa shape index (κ2) is 10.8. The Balaban J connectivity index is 0.00000288. The fourth-order valence-electron chi connectivity index (χ4n) is 3.47. The molecule has 0 aromatic heterocycles. The Morgan fingerprint density at radius 2 is 1.92 bits per heavy atom. The van der Waals surface area contributed by atoms with Crippen LogP contribution >= 0.6 is 24.0 Å². The zero-order chi connectivity index (χ0) is 16.7. The Hall–Kier alpha value is -0.0800. The van der Waals surface area contributed by atoms with Crippen molar-refractivity contribution in [2.75, 3.05) is 59.5 Å². The molecule has 0 radical (unpaired) electrons. The lowest BCUT2D eigenvalue weighted by molar-refractivity contribution is 0.0315. The van der Waals surface area contributed by atoms with Crippen LogP contribution < -0.4 is 5.32 Å². The molecule has 0 aliphatic carbocycles. The van der Waals surface area contributed by atoms with Crippen molar-refractivity contribution in [2.24, 2.45) is 16.3 Å². The first-order valence-corrected chi connectivity index (χ1v) is 9.23. The van der Waals surface area contributed by atoms with Crippen LogP contribution in [0.25, 0.3) is 0 Å². The van der Waals surface area contributed by atoms with Crippen molar-refractivity contribution in [3.63, 3.8) is 0 Å². The van der Waals surface area contributed by atoms with E-state index in [0.29, 0.717) is 5.41 Å². The summed E-state index contributed by atoms with van der Waals surface area (Å²) in [6.45, 7) is 15.4. The molecule has 2 saturated heterocycles. The summed E-state index contributed by atoms with van der Waals surface area (Å²) in [4.78, 5) is 9.47. The summed E-state index contributed by atoms with van der Waals surface area (Å²) in [6.07, 6.45) is 3.73. The topological polar surface area (TPSA) is 40.1 Å². The SMILES string of the molecule is CN=C(NCCCC(C)(C)C)N1CCC(CN2CCOCC2)C1.I. The lowest BCUT2D eigenvalue weighted by Gasteiger charge is -2.29. The number of ether oxygens (including phenoxy) is 1. The number of nitrogens with one attached hydrogen (secondary N) is 1. The average Bonchev–Trinajstić information content (AvgIpc) is 2.95. The van der Waals surface area contributed by atoms with Crippen molar-refractivity contribution in [1.82, 2.24) is 15.1 Å². The number of halogens is 1. The summed E-state index contributed by atoms with van der Waals surface area (Å²) in [5, 5.41) is 3.55. The van der Waals surface area contributed by atoms with E-state index in [1.54, 1.807) is 0 Å². The third-order valence-electron chi connectivity index (χ3n) is 4.80. The van der Waals surface area contributed by atoms with Crippen molar-refractivity contribution in [3.05, 3.63) is 0 Å². The van der Waals surface area contributed by atoms with Gasteiger partial charge in [0.2, 0.25) is 0 Å². The largest absolute Gasteiger partial charge is 0.379 e. The van der Waals surface area contributed by atoms with E-state index >= 15 is 0 Å². The number of morpholine rings is 1. The van der Waals surface area contributed by atoms with E-state index in [1.165, 1.54) is 25.8 Å². The summed E-state index contributed by atoms with van der Waals surface area (Å²) in [6, 6.07) is 0. The minimum atomic E-state index is 0. The van der Waals surface area contributed by atoms with Crippen LogP contribution in [0.4, 0.5) is 0 Å². The van der Waals surface area contributed by atoms with Crippen LogP contribution in [0.3, 0.4) is 0 Å². The number of likely N-dealkylation sites (tertiary alicyclic amines) is 1. The maximum atomic E-state index is 5.44. The molecule has 24 heavy (non-hydrogen) atoms. The zero-order valence-electron chi connectivity index (χ0n) is 16.0. The van der Waals surface area contributed by atoms with E-state index in [9.17, 15) is 0 Å². The first-order chi connectivity index (χ1) is 11.0. The van der Waals surface area contributed by atoms with Crippen LogP contribution in [0.15, 0.2) is 4.99 Å². The molecule has 2 rings (SSSR count). The molecule has 2 heterocycles.